The minimum atomic E-state index is -0.534. The second-order valence-electron chi connectivity index (χ2n) is 6.18. The lowest BCUT2D eigenvalue weighted by molar-refractivity contribution is -0.146. The van der Waals surface area contributed by atoms with Crippen molar-refractivity contribution in [1.29, 1.82) is 0 Å². The number of amides is 1. The first-order chi connectivity index (χ1) is 12.8. The van der Waals surface area contributed by atoms with Crippen molar-refractivity contribution in [3.8, 4) is 0 Å². The third-order valence-electron chi connectivity index (χ3n) is 3.53. The SMILES string of the molecule is CC(C)NC(=O)COC(=O)CSC(c1ccc(F)cc1)c1ccc(F)cc1. The normalized spacial score (nSPS) is 10.9. The van der Waals surface area contributed by atoms with Gasteiger partial charge in [0.15, 0.2) is 6.61 Å². The Balaban J connectivity index is 2.02. The molecule has 0 aliphatic heterocycles. The topological polar surface area (TPSA) is 55.4 Å². The highest BCUT2D eigenvalue weighted by Crippen LogP contribution is 2.35. The number of ether oxygens (including phenoxy) is 1. The minimum absolute atomic E-state index is 0.00558. The van der Waals surface area contributed by atoms with E-state index < -0.39 is 5.97 Å². The average molecular weight is 393 g/mol. The lowest BCUT2D eigenvalue weighted by Crippen LogP contribution is -2.34. The number of benzene rings is 2. The van der Waals surface area contributed by atoms with E-state index in [1.54, 1.807) is 24.3 Å². The zero-order valence-corrected chi connectivity index (χ0v) is 15.9. The number of carbonyl (C=O) groups excluding carboxylic acids is 2. The van der Waals surface area contributed by atoms with E-state index in [0.29, 0.717) is 0 Å². The zero-order valence-electron chi connectivity index (χ0n) is 15.1. The molecule has 0 saturated heterocycles. The summed E-state index contributed by atoms with van der Waals surface area (Å²) in [7, 11) is 0. The Morgan fingerprint density at radius 3 is 1.89 bits per heavy atom. The van der Waals surface area contributed by atoms with Gasteiger partial charge in [-0.25, -0.2) is 8.78 Å². The Morgan fingerprint density at radius 1 is 0.963 bits per heavy atom. The fourth-order valence-corrected chi connectivity index (χ4v) is 3.45. The highest BCUT2D eigenvalue weighted by molar-refractivity contribution is 8.00. The molecule has 2 rings (SSSR count). The van der Waals surface area contributed by atoms with Crippen LogP contribution in [0.25, 0.3) is 0 Å². The summed E-state index contributed by atoms with van der Waals surface area (Å²) in [6.45, 7) is 3.28. The molecule has 0 saturated carbocycles. The van der Waals surface area contributed by atoms with Gasteiger partial charge in [-0.05, 0) is 49.2 Å². The van der Waals surface area contributed by atoms with Gasteiger partial charge in [0, 0.05) is 6.04 Å². The molecule has 1 amide bonds. The molecule has 27 heavy (non-hydrogen) atoms. The quantitative estimate of drug-likeness (QED) is 0.692. The van der Waals surface area contributed by atoms with Gasteiger partial charge in [0.05, 0.1) is 11.0 Å². The smallest absolute Gasteiger partial charge is 0.316 e. The van der Waals surface area contributed by atoms with Crippen LogP contribution in [-0.4, -0.2) is 30.3 Å². The van der Waals surface area contributed by atoms with Crippen molar-refractivity contribution in [2.75, 3.05) is 12.4 Å². The van der Waals surface area contributed by atoms with E-state index in [4.69, 9.17) is 4.74 Å². The van der Waals surface area contributed by atoms with Crippen LogP contribution in [0.1, 0.15) is 30.2 Å². The fraction of sp³-hybridized carbons (Fsp3) is 0.300. The van der Waals surface area contributed by atoms with Crippen LogP contribution < -0.4 is 5.32 Å². The van der Waals surface area contributed by atoms with Crippen molar-refractivity contribution in [3.05, 3.63) is 71.3 Å². The van der Waals surface area contributed by atoms with Crippen molar-refractivity contribution in [3.63, 3.8) is 0 Å². The van der Waals surface area contributed by atoms with Crippen LogP contribution in [0.5, 0.6) is 0 Å². The molecule has 144 valence electrons. The number of rotatable bonds is 8. The molecule has 2 aromatic carbocycles. The highest BCUT2D eigenvalue weighted by Gasteiger charge is 2.18. The molecule has 2 aromatic rings. The lowest BCUT2D eigenvalue weighted by atomic mass is 10.0. The molecule has 7 heteroatoms. The number of nitrogens with one attached hydrogen (secondary N) is 1. The molecule has 0 atom stereocenters. The summed E-state index contributed by atoms with van der Waals surface area (Å²) in [5.74, 6) is -1.63. The zero-order chi connectivity index (χ0) is 19.8. The molecule has 0 aromatic heterocycles. The van der Waals surface area contributed by atoms with Crippen LogP contribution in [0.4, 0.5) is 8.78 Å². The van der Waals surface area contributed by atoms with Crippen molar-refractivity contribution in [1.82, 2.24) is 5.32 Å². The van der Waals surface area contributed by atoms with Gasteiger partial charge in [0.2, 0.25) is 0 Å². The van der Waals surface area contributed by atoms with E-state index in [9.17, 15) is 18.4 Å². The second kappa shape index (κ2) is 10.1. The molecule has 0 fully saturated rings. The van der Waals surface area contributed by atoms with Gasteiger partial charge in [-0.3, -0.25) is 9.59 Å². The molecular formula is C20H21F2NO3S. The van der Waals surface area contributed by atoms with Crippen molar-refractivity contribution in [2.24, 2.45) is 0 Å². The summed E-state index contributed by atoms with van der Waals surface area (Å²) in [5, 5.41) is 2.33. The summed E-state index contributed by atoms with van der Waals surface area (Å²) >= 11 is 1.26. The molecule has 0 aliphatic carbocycles. The number of esters is 1. The second-order valence-corrected chi connectivity index (χ2v) is 7.27. The van der Waals surface area contributed by atoms with Gasteiger partial charge in [-0.15, -0.1) is 11.8 Å². The van der Waals surface area contributed by atoms with Crippen molar-refractivity contribution in [2.45, 2.75) is 25.1 Å². The standard InChI is InChI=1S/C20H21F2NO3S/c1-13(2)23-18(24)11-26-19(25)12-27-20(14-3-7-16(21)8-4-14)15-5-9-17(22)10-6-15/h3-10,13,20H,11-12H2,1-2H3,(H,23,24). The van der Waals surface area contributed by atoms with Gasteiger partial charge >= 0.3 is 5.97 Å². The summed E-state index contributed by atoms with van der Waals surface area (Å²) < 4.78 is 31.4. The van der Waals surface area contributed by atoms with E-state index in [-0.39, 0.29) is 41.2 Å². The monoisotopic (exact) mass is 393 g/mol. The third kappa shape index (κ3) is 7.02. The van der Waals surface area contributed by atoms with E-state index in [1.165, 1.54) is 36.0 Å². The molecule has 1 N–H and O–H groups in total. The van der Waals surface area contributed by atoms with E-state index in [0.717, 1.165) is 11.1 Å². The molecule has 0 spiro atoms. The van der Waals surface area contributed by atoms with Crippen molar-refractivity contribution < 1.29 is 23.1 Å². The maximum Gasteiger partial charge on any atom is 0.316 e. The van der Waals surface area contributed by atoms with Crippen molar-refractivity contribution >= 4 is 23.6 Å². The number of carbonyl (C=O) groups is 2. The Hall–Kier alpha value is -2.41. The summed E-state index contributed by atoms with van der Waals surface area (Å²) in [6.07, 6.45) is 0. The predicted octanol–water partition coefficient (Wildman–Crippen LogP) is 3.86. The van der Waals surface area contributed by atoms with E-state index >= 15 is 0 Å². The van der Waals surface area contributed by atoms with Crippen LogP contribution in [-0.2, 0) is 14.3 Å². The Bertz CT molecular complexity index is 718. The Labute approximate surface area is 161 Å². The van der Waals surface area contributed by atoms with Crippen LogP contribution >= 0.6 is 11.8 Å². The number of halogens is 2. The van der Waals surface area contributed by atoms with Crippen LogP contribution in [0.2, 0.25) is 0 Å². The average Bonchev–Trinajstić information content (AvgIpc) is 2.62. The molecule has 0 radical (unpaired) electrons. The van der Waals surface area contributed by atoms with Gasteiger partial charge in [0.25, 0.3) is 5.91 Å². The Morgan fingerprint density at radius 2 is 1.44 bits per heavy atom. The molecule has 0 bridgehead atoms. The molecule has 0 unspecified atom stereocenters. The minimum Gasteiger partial charge on any atom is -0.455 e. The van der Waals surface area contributed by atoms with Gasteiger partial charge in [-0.2, -0.15) is 0 Å². The van der Waals surface area contributed by atoms with E-state index in [2.05, 4.69) is 5.32 Å². The van der Waals surface area contributed by atoms with Gasteiger partial charge in [0.1, 0.15) is 11.6 Å². The van der Waals surface area contributed by atoms with Crippen LogP contribution in [0.3, 0.4) is 0 Å². The first kappa shape index (κ1) is 20.9. The summed E-state index contributed by atoms with van der Waals surface area (Å²) in [6, 6.07) is 11.8. The first-order valence-electron chi connectivity index (χ1n) is 8.42. The van der Waals surface area contributed by atoms with Crippen LogP contribution in [0, 0.1) is 11.6 Å². The Kier molecular flexibility index (Phi) is 7.79. The maximum atomic E-state index is 13.2. The number of hydrogen-bond acceptors (Lipinski definition) is 4. The lowest BCUT2D eigenvalue weighted by Gasteiger charge is -2.17. The summed E-state index contributed by atoms with van der Waals surface area (Å²) in [4.78, 5) is 23.5. The molecule has 0 heterocycles. The fourth-order valence-electron chi connectivity index (χ4n) is 2.36. The van der Waals surface area contributed by atoms with Gasteiger partial charge in [-0.1, -0.05) is 24.3 Å². The first-order valence-corrected chi connectivity index (χ1v) is 9.47. The largest absolute Gasteiger partial charge is 0.455 e. The van der Waals surface area contributed by atoms with Gasteiger partial charge < -0.3 is 10.1 Å². The summed E-state index contributed by atoms with van der Waals surface area (Å²) in [5.41, 5.74) is 1.55. The van der Waals surface area contributed by atoms with Crippen LogP contribution in [0.15, 0.2) is 48.5 Å². The van der Waals surface area contributed by atoms with E-state index in [1.807, 2.05) is 13.8 Å². The molecular weight excluding hydrogens is 372 g/mol. The molecule has 4 nitrogen and oxygen atoms in total. The molecule has 0 aliphatic rings. The number of thioether (sulfide) groups is 1. The maximum absolute atomic E-state index is 13.2. The third-order valence-corrected chi connectivity index (χ3v) is 4.81. The predicted molar refractivity (Wildman–Crippen MR) is 101 cm³/mol. The number of hydrogen-bond donors (Lipinski definition) is 1. The highest BCUT2D eigenvalue weighted by atomic mass is 32.2.